The summed E-state index contributed by atoms with van der Waals surface area (Å²) in [7, 11) is 0. The lowest BCUT2D eigenvalue weighted by molar-refractivity contribution is -0.384. The maximum absolute atomic E-state index is 14.7. The number of hydrogen-bond acceptors (Lipinski definition) is 6. The first-order valence-corrected chi connectivity index (χ1v) is 13.7. The van der Waals surface area contributed by atoms with E-state index in [9.17, 15) is 24.5 Å². The Morgan fingerprint density at radius 2 is 1.50 bits per heavy atom. The number of fused-ring (bicyclic) bond motifs is 6. The second-order valence-corrected chi connectivity index (χ2v) is 11.1. The number of rotatable bonds is 5. The molecular weight excluding hydrogens is 554 g/mol. The second kappa shape index (κ2) is 9.49. The van der Waals surface area contributed by atoms with Crippen LogP contribution in [0.2, 0.25) is 5.02 Å². The number of Topliss-reactive ketones (excluding diaryl/α,β-unsaturated/α-hetero) is 2. The number of nitro benzene ring substituents is 1. The molecule has 206 valence electrons. The van der Waals surface area contributed by atoms with Gasteiger partial charge in [0.05, 0.1) is 16.9 Å². The molecule has 1 N–H and O–H groups in total. The van der Waals surface area contributed by atoms with Crippen molar-refractivity contribution in [2.45, 2.75) is 17.5 Å². The lowest BCUT2D eigenvalue weighted by Crippen LogP contribution is -2.49. The molecule has 42 heavy (non-hydrogen) atoms. The molecule has 3 aliphatic heterocycles. The Morgan fingerprint density at radius 1 is 0.857 bits per heavy atom. The van der Waals surface area contributed by atoms with E-state index < -0.39 is 34.1 Å². The van der Waals surface area contributed by atoms with E-state index in [1.54, 1.807) is 36.5 Å². The number of non-ortho nitro benzene ring substituents is 1. The molecular formula is C33H22ClN3O5. The molecule has 4 atom stereocenters. The highest BCUT2D eigenvalue weighted by Gasteiger charge is 2.70. The predicted octanol–water partition coefficient (Wildman–Crippen LogP) is 6.23. The number of anilines is 1. The largest absolute Gasteiger partial charge is 0.358 e. The van der Waals surface area contributed by atoms with Gasteiger partial charge in [-0.15, -0.1) is 0 Å². The second-order valence-electron chi connectivity index (χ2n) is 10.6. The molecule has 1 fully saturated rings. The highest BCUT2D eigenvalue weighted by molar-refractivity contribution is 6.30. The summed E-state index contributed by atoms with van der Waals surface area (Å²) < 4.78 is 0. The lowest BCUT2D eigenvalue weighted by Gasteiger charge is -2.38. The van der Waals surface area contributed by atoms with Gasteiger partial charge >= 0.3 is 0 Å². The smallest absolute Gasteiger partial charge is 0.269 e. The minimum Gasteiger partial charge on any atom is -0.358 e. The molecule has 0 bridgehead atoms. The highest BCUT2D eigenvalue weighted by atomic mass is 35.5. The van der Waals surface area contributed by atoms with E-state index in [2.05, 4.69) is 5.32 Å². The van der Waals surface area contributed by atoms with E-state index >= 15 is 0 Å². The van der Waals surface area contributed by atoms with E-state index in [1.165, 1.54) is 24.3 Å². The Kier molecular flexibility index (Phi) is 5.85. The van der Waals surface area contributed by atoms with Gasteiger partial charge in [0.15, 0.2) is 11.6 Å². The minimum absolute atomic E-state index is 0.167. The number of carbonyl (C=O) groups excluding carboxylic acids is 3. The molecule has 3 heterocycles. The van der Waals surface area contributed by atoms with Gasteiger partial charge in [0.1, 0.15) is 11.5 Å². The number of ketones is 2. The van der Waals surface area contributed by atoms with Crippen molar-refractivity contribution < 1.29 is 19.3 Å². The minimum atomic E-state index is -1.48. The Labute approximate surface area is 245 Å². The first-order chi connectivity index (χ1) is 20.3. The first kappa shape index (κ1) is 25.9. The normalized spacial score (nSPS) is 23.2. The molecule has 9 heteroatoms. The Bertz CT molecular complexity index is 1840. The molecule has 7 rings (SSSR count). The van der Waals surface area contributed by atoms with Crippen molar-refractivity contribution >= 4 is 46.5 Å². The van der Waals surface area contributed by atoms with Gasteiger partial charge in [0.25, 0.3) is 5.69 Å². The van der Waals surface area contributed by atoms with Crippen LogP contribution in [0.4, 0.5) is 11.4 Å². The molecule has 8 nitrogen and oxygen atoms in total. The average molecular weight is 576 g/mol. The summed E-state index contributed by atoms with van der Waals surface area (Å²) in [6.07, 6.45) is 3.68. The molecule has 1 spiro atoms. The topological polar surface area (TPSA) is 110 Å². The zero-order valence-corrected chi connectivity index (χ0v) is 22.7. The van der Waals surface area contributed by atoms with Gasteiger partial charge in [-0.1, -0.05) is 54.1 Å². The van der Waals surface area contributed by atoms with Crippen molar-refractivity contribution in [1.29, 1.82) is 0 Å². The van der Waals surface area contributed by atoms with Crippen LogP contribution in [0.5, 0.6) is 0 Å². The molecule has 3 aliphatic rings. The molecule has 1 saturated heterocycles. The highest BCUT2D eigenvalue weighted by Crippen LogP contribution is 2.62. The molecule has 4 aromatic carbocycles. The number of nitrogens with zero attached hydrogens (tertiary/aromatic N) is 2. The summed E-state index contributed by atoms with van der Waals surface area (Å²) in [5, 5.41) is 14.8. The molecule has 0 radical (unpaired) electrons. The van der Waals surface area contributed by atoms with Gasteiger partial charge in [0.2, 0.25) is 5.91 Å². The summed E-state index contributed by atoms with van der Waals surface area (Å²) in [5.74, 6) is -2.35. The number of halogens is 1. The predicted molar refractivity (Wildman–Crippen MR) is 157 cm³/mol. The standard InChI is InChI=1S/C33H22ClN3O5/c34-22-13-9-21(10-14-22)30(39)28-27(29(38)20-11-15-23(16-12-20)37(41)42)33(25-7-3-4-8-26(25)35-32(33)40)31-24-6-2-1-5-19(24)17-18-36(28)31/h1-18,27-28,31H,(H,35,40)/t27-,28+,31+,33-/m1/s1. The molecule has 0 aliphatic carbocycles. The monoisotopic (exact) mass is 575 g/mol. The third-order valence-corrected chi connectivity index (χ3v) is 8.86. The van der Waals surface area contributed by atoms with Gasteiger partial charge in [-0.05, 0) is 65.2 Å². The molecule has 1 amide bonds. The van der Waals surface area contributed by atoms with E-state index in [0.717, 1.165) is 11.1 Å². The van der Waals surface area contributed by atoms with Crippen LogP contribution in [-0.4, -0.2) is 33.3 Å². The summed E-state index contributed by atoms with van der Waals surface area (Å²) in [5.41, 5.74) is 1.78. The van der Waals surface area contributed by atoms with E-state index in [1.807, 2.05) is 53.4 Å². The van der Waals surface area contributed by atoms with Gasteiger partial charge < -0.3 is 10.2 Å². The summed E-state index contributed by atoms with van der Waals surface area (Å²) >= 11 is 6.12. The van der Waals surface area contributed by atoms with Crippen LogP contribution in [0, 0.1) is 16.0 Å². The van der Waals surface area contributed by atoms with Crippen molar-refractivity contribution in [2.24, 2.45) is 5.92 Å². The van der Waals surface area contributed by atoms with E-state index in [-0.39, 0.29) is 22.9 Å². The fourth-order valence-electron chi connectivity index (χ4n) is 6.88. The fourth-order valence-corrected chi connectivity index (χ4v) is 7.01. The number of nitro groups is 1. The van der Waals surface area contributed by atoms with E-state index in [0.29, 0.717) is 21.8 Å². The Morgan fingerprint density at radius 3 is 2.24 bits per heavy atom. The number of para-hydroxylation sites is 1. The Balaban J connectivity index is 1.51. The molecule has 0 saturated carbocycles. The number of hydrogen-bond donors (Lipinski definition) is 1. The first-order valence-electron chi connectivity index (χ1n) is 13.4. The van der Waals surface area contributed by atoms with Crippen LogP contribution in [0.15, 0.2) is 103 Å². The molecule has 0 unspecified atom stereocenters. The zero-order valence-electron chi connectivity index (χ0n) is 21.9. The number of benzene rings is 4. The third kappa shape index (κ3) is 3.58. The van der Waals surface area contributed by atoms with Gasteiger partial charge in [-0.3, -0.25) is 24.5 Å². The number of carbonyl (C=O) groups is 3. The summed E-state index contributed by atoms with van der Waals surface area (Å²) in [6.45, 7) is 0. The zero-order chi connectivity index (χ0) is 29.2. The summed E-state index contributed by atoms with van der Waals surface area (Å²) in [4.78, 5) is 56.3. The third-order valence-electron chi connectivity index (χ3n) is 8.61. The fraction of sp³-hybridized carbons (Fsp3) is 0.121. The van der Waals surface area contributed by atoms with Crippen molar-refractivity contribution in [2.75, 3.05) is 5.32 Å². The number of amides is 1. The van der Waals surface area contributed by atoms with Crippen molar-refractivity contribution in [3.8, 4) is 0 Å². The van der Waals surface area contributed by atoms with Gasteiger partial charge in [0, 0.05) is 40.2 Å². The average Bonchev–Trinajstić information content (AvgIpc) is 3.49. The van der Waals surface area contributed by atoms with Gasteiger partial charge in [-0.25, -0.2) is 0 Å². The lowest BCUT2D eigenvalue weighted by atomic mass is 9.62. The van der Waals surface area contributed by atoms with Crippen molar-refractivity contribution in [3.05, 3.63) is 146 Å². The van der Waals surface area contributed by atoms with Crippen molar-refractivity contribution in [3.63, 3.8) is 0 Å². The summed E-state index contributed by atoms with van der Waals surface area (Å²) in [6, 6.07) is 24.9. The van der Waals surface area contributed by atoms with E-state index in [4.69, 9.17) is 11.6 Å². The maximum Gasteiger partial charge on any atom is 0.269 e. The number of nitrogens with one attached hydrogen (secondary N) is 1. The molecule has 0 aromatic heterocycles. The van der Waals surface area contributed by atoms with Gasteiger partial charge in [-0.2, -0.15) is 0 Å². The van der Waals surface area contributed by atoms with Crippen LogP contribution >= 0.6 is 11.6 Å². The molecule has 4 aromatic rings. The SMILES string of the molecule is O=C(c1ccc(Cl)cc1)[C@@H]1[C@H](C(=O)c2ccc([N+](=O)[O-])cc2)[C@@]2(C(=O)Nc3ccccc32)[C@@H]2c3ccccc3C=CN12. The Hall–Kier alpha value is -5.08. The van der Waals surface area contributed by atoms with Crippen LogP contribution in [0.25, 0.3) is 6.08 Å². The van der Waals surface area contributed by atoms with Crippen LogP contribution < -0.4 is 5.32 Å². The van der Waals surface area contributed by atoms with Crippen LogP contribution in [0.1, 0.15) is 43.4 Å². The quantitative estimate of drug-likeness (QED) is 0.172. The van der Waals surface area contributed by atoms with Crippen LogP contribution in [0.3, 0.4) is 0 Å². The maximum atomic E-state index is 14.7. The van der Waals surface area contributed by atoms with Crippen LogP contribution in [-0.2, 0) is 10.2 Å². The van der Waals surface area contributed by atoms with Crippen molar-refractivity contribution in [1.82, 2.24) is 4.90 Å².